The molecule has 1 saturated carbocycles. The van der Waals surface area contributed by atoms with Gasteiger partial charge in [0.05, 0.1) is 13.2 Å². The molecule has 1 aromatic carbocycles. The lowest BCUT2D eigenvalue weighted by atomic mass is 9.82. The van der Waals surface area contributed by atoms with E-state index in [-0.39, 0.29) is 13.2 Å². The van der Waals surface area contributed by atoms with Crippen molar-refractivity contribution in [2.75, 3.05) is 13.2 Å². The molecule has 1 fully saturated rings. The third-order valence-electron chi connectivity index (χ3n) is 4.17. The lowest BCUT2D eigenvalue weighted by molar-refractivity contribution is 0.0332. The van der Waals surface area contributed by atoms with Crippen LogP contribution in [-0.4, -0.2) is 23.7 Å². The van der Waals surface area contributed by atoms with Crippen molar-refractivity contribution >= 4 is 7.60 Å². The fourth-order valence-electron chi connectivity index (χ4n) is 3.03. The molecular weight excluding hydrogens is 287 g/mol. The topological polar surface area (TPSA) is 55.8 Å². The largest absolute Gasteiger partial charge is 0.377 e. The second-order valence-corrected chi connectivity index (χ2v) is 7.84. The standard InChI is InChI=1S/C16H25O4P/c1-3-19-21(18,20-4-2)16(17)12-10-15(11-13-16)14-8-6-5-7-9-14/h5-9,15,17H,3-4,10-13H2,1-2H3. The Morgan fingerprint density at radius 3 is 2.14 bits per heavy atom. The van der Waals surface area contributed by atoms with E-state index in [2.05, 4.69) is 12.1 Å². The lowest BCUT2D eigenvalue weighted by Crippen LogP contribution is -2.35. The summed E-state index contributed by atoms with van der Waals surface area (Å²) in [6.45, 7) is 4.10. The van der Waals surface area contributed by atoms with Gasteiger partial charge in [-0.05, 0) is 51.0 Å². The van der Waals surface area contributed by atoms with Crippen molar-refractivity contribution in [2.24, 2.45) is 0 Å². The van der Waals surface area contributed by atoms with Gasteiger partial charge in [-0.3, -0.25) is 4.57 Å². The van der Waals surface area contributed by atoms with E-state index in [0.29, 0.717) is 18.8 Å². The zero-order valence-electron chi connectivity index (χ0n) is 12.8. The van der Waals surface area contributed by atoms with Crippen LogP contribution >= 0.6 is 7.60 Å². The third kappa shape index (κ3) is 3.57. The maximum absolute atomic E-state index is 12.8. The molecule has 0 amide bonds. The molecule has 21 heavy (non-hydrogen) atoms. The van der Waals surface area contributed by atoms with E-state index in [1.807, 2.05) is 18.2 Å². The average Bonchev–Trinajstić information content (AvgIpc) is 2.49. The molecule has 0 saturated heterocycles. The first-order chi connectivity index (χ1) is 10.0. The van der Waals surface area contributed by atoms with Crippen molar-refractivity contribution in [1.82, 2.24) is 0 Å². The summed E-state index contributed by atoms with van der Waals surface area (Å²) in [6.07, 6.45) is 2.49. The number of rotatable bonds is 6. The predicted octanol–water partition coefficient (Wildman–Crippen LogP) is 4.30. The van der Waals surface area contributed by atoms with Crippen LogP contribution in [0.1, 0.15) is 51.0 Å². The number of benzene rings is 1. The third-order valence-corrected chi connectivity index (χ3v) is 6.83. The molecule has 0 radical (unpaired) electrons. The Balaban J connectivity index is 2.08. The van der Waals surface area contributed by atoms with E-state index in [1.165, 1.54) is 5.56 Å². The molecule has 0 aliphatic heterocycles. The monoisotopic (exact) mass is 312 g/mol. The van der Waals surface area contributed by atoms with Gasteiger partial charge in [0.1, 0.15) is 0 Å². The summed E-state index contributed by atoms with van der Waals surface area (Å²) in [5.74, 6) is 0.406. The van der Waals surface area contributed by atoms with Crippen LogP contribution in [-0.2, 0) is 13.6 Å². The van der Waals surface area contributed by atoms with E-state index in [1.54, 1.807) is 13.8 Å². The molecule has 0 atom stereocenters. The maximum atomic E-state index is 12.8. The molecule has 1 N–H and O–H groups in total. The van der Waals surface area contributed by atoms with Crippen molar-refractivity contribution in [3.05, 3.63) is 35.9 Å². The fraction of sp³-hybridized carbons (Fsp3) is 0.625. The summed E-state index contributed by atoms with van der Waals surface area (Å²) < 4.78 is 23.5. The number of hydrogen-bond acceptors (Lipinski definition) is 4. The molecule has 1 aliphatic carbocycles. The van der Waals surface area contributed by atoms with Gasteiger partial charge < -0.3 is 14.2 Å². The van der Waals surface area contributed by atoms with Crippen LogP contribution in [0.3, 0.4) is 0 Å². The summed E-state index contributed by atoms with van der Waals surface area (Å²) in [4.78, 5) is 0. The molecule has 0 bridgehead atoms. The Morgan fingerprint density at radius 1 is 1.14 bits per heavy atom. The summed E-state index contributed by atoms with van der Waals surface area (Å²) in [6, 6.07) is 10.3. The molecule has 0 unspecified atom stereocenters. The lowest BCUT2D eigenvalue weighted by Gasteiger charge is -2.39. The fourth-order valence-corrected chi connectivity index (χ4v) is 5.07. The minimum atomic E-state index is -3.47. The smallest absolute Gasteiger partial charge is 0.361 e. The number of hydrogen-bond donors (Lipinski definition) is 1. The maximum Gasteiger partial charge on any atom is 0.361 e. The molecule has 4 nitrogen and oxygen atoms in total. The van der Waals surface area contributed by atoms with Gasteiger partial charge in [-0.15, -0.1) is 0 Å². The van der Waals surface area contributed by atoms with Gasteiger partial charge in [0.2, 0.25) is 0 Å². The van der Waals surface area contributed by atoms with Crippen LogP contribution in [0, 0.1) is 0 Å². The second-order valence-electron chi connectivity index (χ2n) is 5.50. The molecule has 5 heteroatoms. The van der Waals surface area contributed by atoms with Crippen molar-refractivity contribution in [1.29, 1.82) is 0 Å². The quantitative estimate of drug-likeness (QED) is 0.796. The minimum Gasteiger partial charge on any atom is -0.377 e. The van der Waals surface area contributed by atoms with Crippen LogP contribution < -0.4 is 0 Å². The first-order valence-electron chi connectivity index (χ1n) is 7.71. The van der Waals surface area contributed by atoms with Gasteiger partial charge in [-0.2, -0.15) is 0 Å². The van der Waals surface area contributed by atoms with Crippen molar-refractivity contribution in [2.45, 2.75) is 50.8 Å². The van der Waals surface area contributed by atoms with Crippen LogP contribution in [0.2, 0.25) is 0 Å². The highest BCUT2D eigenvalue weighted by molar-refractivity contribution is 7.55. The van der Waals surface area contributed by atoms with Gasteiger partial charge in [0, 0.05) is 0 Å². The van der Waals surface area contributed by atoms with Crippen LogP contribution in [0.15, 0.2) is 30.3 Å². The van der Waals surface area contributed by atoms with Crippen LogP contribution in [0.25, 0.3) is 0 Å². The molecule has 2 rings (SSSR count). The second kappa shape index (κ2) is 7.06. The summed E-state index contributed by atoms with van der Waals surface area (Å²) in [5.41, 5.74) is 1.28. The van der Waals surface area contributed by atoms with Gasteiger partial charge in [-0.1, -0.05) is 30.3 Å². The minimum absolute atomic E-state index is 0.279. The highest BCUT2D eigenvalue weighted by atomic mass is 31.2. The van der Waals surface area contributed by atoms with E-state index in [0.717, 1.165) is 12.8 Å². The molecule has 0 spiro atoms. The molecule has 118 valence electrons. The Labute approximate surface area is 127 Å². The summed E-state index contributed by atoms with van der Waals surface area (Å²) in [5, 5.41) is 9.46. The van der Waals surface area contributed by atoms with Crippen molar-refractivity contribution < 1.29 is 18.7 Å². The van der Waals surface area contributed by atoms with E-state index in [4.69, 9.17) is 9.05 Å². The first-order valence-corrected chi connectivity index (χ1v) is 9.25. The van der Waals surface area contributed by atoms with Gasteiger partial charge >= 0.3 is 7.60 Å². The van der Waals surface area contributed by atoms with Crippen LogP contribution in [0.5, 0.6) is 0 Å². The highest BCUT2D eigenvalue weighted by Gasteiger charge is 2.51. The Kier molecular flexibility index (Phi) is 5.61. The van der Waals surface area contributed by atoms with E-state index >= 15 is 0 Å². The Bertz CT molecular complexity index is 470. The van der Waals surface area contributed by atoms with Gasteiger partial charge in [0.25, 0.3) is 0 Å². The van der Waals surface area contributed by atoms with Crippen LogP contribution in [0.4, 0.5) is 0 Å². The summed E-state index contributed by atoms with van der Waals surface area (Å²) in [7, 11) is -3.47. The molecular formula is C16H25O4P. The predicted molar refractivity (Wildman–Crippen MR) is 83.5 cm³/mol. The highest BCUT2D eigenvalue weighted by Crippen LogP contribution is 2.64. The zero-order chi connectivity index (χ0) is 15.3. The zero-order valence-corrected chi connectivity index (χ0v) is 13.7. The van der Waals surface area contributed by atoms with Gasteiger partial charge in [-0.25, -0.2) is 0 Å². The normalized spacial score (nSPS) is 26.7. The molecule has 0 aromatic heterocycles. The Hall–Kier alpha value is -0.670. The molecule has 1 aromatic rings. The molecule has 0 heterocycles. The van der Waals surface area contributed by atoms with Crippen molar-refractivity contribution in [3.63, 3.8) is 0 Å². The number of aliphatic hydroxyl groups is 1. The average molecular weight is 312 g/mol. The van der Waals surface area contributed by atoms with Gasteiger partial charge in [0.15, 0.2) is 5.34 Å². The van der Waals surface area contributed by atoms with E-state index in [9.17, 15) is 9.67 Å². The molecule has 1 aliphatic rings. The SMILES string of the molecule is CCOP(=O)(OCC)C1(O)CCC(c2ccccc2)CC1. The first kappa shape index (κ1) is 16.7. The van der Waals surface area contributed by atoms with E-state index < -0.39 is 12.9 Å². The summed E-state index contributed by atoms with van der Waals surface area (Å²) >= 11 is 0. The van der Waals surface area contributed by atoms with Crippen molar-refractivity contribution in [3.8, 4) is 0 Å². The Morgan fingerprint density at radius 2 is 1.67 bits per heavy atom.